The molecule has 0 atom stereocenters. The van der Waals surface area contributed by atoms with Crippen molar-refractivity contribution in [2.75, 3.05) is 5.32 Å². The van der Waals surface area contributed by atoms with Gasteiger partial charge in [0.2, 0.25) is 0 Å². The Morgan fingerprint density at radius 3 is 2.63 bits per heavy atom. The quantitative estimate of drug-likeness (QED) is 0.354. The maximum atomic E-state index is 5.05. The zero-order valence-electron chi connectivity index (χ0n) is 21.1. The first-order valence-electron chi connectivity index (χ1n) is 12.2. The first-order chi connectivity index (χ1) is 17.0. The van der Waals surface area contributed by atoms with Crippen molar-refractivity contribution in [2.45, 2.75) is 41.0 Å². The van der Waals surface area contributed by atoms with Crippen molar-refractivity contribution < 1.29 is 0 Å². The molecule has 0 saturated carbocycles. The monoisotopic (exact) mass is 463 g/mol. The third-order valence-corrected chi connectivity index (χ3v) is 5.63. The second kappa shape index (κ2) is 11.0. The van der Waals surface area contributed by atoms with E-state index in [0.717, 1.165) is 62.8 Å². The minimum atomic E-state index is 0.409. The fourth-order valence-corrected chi connectivity index (χ4v) is 3.98. The standard InChI is InChI=1S/C30H33N5/c1-6-8-27-29-23(13-14-32-27)16-28(24-15-21(5)18-31-19-24)35-30(29)34-25-11-9-22(10-12-25)26(7-2)33-17-20(3)4/h7-20,32H,6H2,1-5H3,(H,34,35)/b26-7-,27-8-,33-17?. The number of hydrogen-bond donors (Lipinski definition) is 2. The molecule has 3 heterocycles. The first kappa shape index (κ1) is 24.1. The van der Waals surface area contributed by atoms with Gasteiger partial charge in [-0.05, 0) is 73.2 Å². The van der Waals surface area contributed by atoms with Crippen LogP contribution >= 0.6 is 0 Å². The third kappa shape index (κ3) is 5.75. The molecule has 2 N–H and O–H groups in total. The van der Waals surface area contributed by atoms with E-state index in [1.807, 2.05) is 44.7 Å². The lowest BCUT2D eigenvalue weighted by atomic mass is 9.99. The summed E-state index contributed by atoms with van der Waals surface area (Å²) in [4.78, 5) is 14.1. The van der Waals surface area contributed by atoms with Crippen LogP contribution in [0.5, 0.6) is 0 Å². The minimum absolute atomic E-state index is 0.409. The highest BCUT2D eigenvalue weighted by Gasteiger charge is 2.19. The highest BCUT2D eigenvalue weighted by molar-refractivity contribution is 5.87. The smallest absolute Gasteiger partial charge is 0.141 e. The second-order valence-corrected chi connectivity index (χ2v) is 8.97. The number of allylic oxidation sites excluding steroid dienone is 2. The average molecular weight is 464 g/mol. The van der Waals surface area contributed by atoms with Crippen LogP contribution in [0.4, 0.5) is 11.5 Å². The number of anilines is 2. The number of hydrogen-bond acceptors (Lipinski definition) is 5. The van der Waals surface area contributed by atoms with Gasteiger partial charge in [-0.2, -0.15) is 0 Å². The van der Waals surface area contributed by atoms with Crippen molar-refractivity contribution in [3.8, 4) is 11.3 Å². The summed E-state index contributed by atoms with van der Waals surface area (Å²) in [6, 6.07) is 12.6. The molecule has 3 aromatic rings. The molecule has 1 aromatic carbocycles. The fourth-order valence-electron chi connectivity index (χ4n) is 3.98. The van der Waals surface area contributed by atoms with Gasteiger partial charge in [-0.15, -0.1) is 0 Å². The summed E-state index contributed by atoms with van der Waals surface area (Å²) in [6.45, 7) is 10.5. The Morgan fingerprint density at radius 2 is 1.94 bits per heavy atom. The van der Waals surface area contributed by atoms with Crippen molar-refractivity contribution in [1.82, 2.24) is 15.3 Å². The van der Waals surface area contributed by atoms with Gasteiger partial charge in [-0.3, -0.25) is 9.98 Å². The molecule has 5 nitrogen and oxygen atoms in total. The van der Waals surface area contributed by atoms with Gasteiger partial charge in [0.15, 0.2) is 0 Å². The zero-order chi connectivity index (χ0) is 24.8. The zero-order valence-corrected chi connectivity index (χ0v) is 21.1. The molecule has 0 aliphatic carbocycles. The summed E-state index contributed by atoms with van der Waals surface area (Å²) >= 11 is 0. The van der Waals surface area contributed by atoms with Crippen molar-refractivity contribution >= 4 is 35.2 Å². The van der Waals surface area contributed by atoms with Crippen molar-refractivity contribution in [2.24, 2.45) is 10.9 Å². The number of fused-ring (bicyclic) bond motifs is 1. The molecule has 4 rings (SSSR count). The largest absolute Gasteiger partial charge is 0.361 e. The number of aromatic nitrogens is 2. The summed E-state index contributed by atoms with van der Waals surface area (Å²) in [5, 5.41) is 6.97. The number of nitrogens with zero attached hydrogens (tertiary/aromatic N) is 3. The molecule has 1 aliphatic rings. The van der Waals surface area contributed by atoms with Gasteiger partial charge >= 0.3 is 0 Å². The lowest BCUT2D eigenvalue weighted by Gasteiger charge is -2.21. The summed E-state index contributed by atoms with van der Waals surface area (Å²) < 4.78 is 0. The topological polar surface area (TPSA) is 62.2 Å². The van der Waals surface area contributed by atoms with Crippen LogP contribution in [0.25, 0.3) is 28.7 Å². The second-order valence-electron chi connectivity index (χ2n) is 8.97. The molecule has 5 heteroatoms. The Bertz CT molecular complexity index is 1310. The van der Waals surface area contributed by atoms with Gasteiger partial charge in [0, 0.05) is 47.3 Å². The molecule has 0 bridgehead atoms. The summed E-state index contributed by atoms with van der Waals surface area (Å²) in [6.07, 6.45) is 14.9. The van der Waals surface area contributed by atoms with Crippen LogP contribution in [0, 0.1) is 12.8 Å². The van der Waals surface area contributed by atoms with Crippen LogP contribution in [0.15, 0.2) is 72.1 Å². The van der Waals surface area contributed by atoms with Crippen LogP contribution in [0.1, 0.15) is 56.4 Å². The molecular formula is C30H33N5. The van der Waals surface area contributed by atoms with Crippen LogP contribution < -0.4 is 10.6 Å². The summed E-state index contributed by atoms with van der Waals surface area (Å²) in [5.41, 5.74) is 9.27. The van der Waals surface area contributed by atoms with Gasteiger partial charge in [0.25, 0.3) is 0 Å². The molecule has 0 saturated heterocycles. The van der Waals surface area contributed by atoms with Crippen molar-refractivity contribution in [1.29, 1.82) is 0 Å². The van der Waals surface area contributed by atoms with Crippen LogP contribution in [0.2, 0.25) is 0 Å². The van der Waals surface area contributed by atoms with E-state index in [2.05, 4.69) is 89.9 Å². The molecule has 35 heavy (non-hydrogen) atoms. The molecule has 0 amide bonds. The average Bonchev–Trinajstić information content (AvgIpc) is 2.85. The highest BCUT2D eigenvalue weighted by Crippen LogP contribution is 2.34. The summed E-state index contributed by atoms with van der Waals surface area (Å²) in [5.74, 6) is 1.22. The predicted molar refractivity (Wildman–Crippen MR) is 149 cm³/mol. The van der Waals surface area contributed by atoms with Gasteiger partial charge < -0.3 is 10.6 Å². The Labute approximate surface area is 208 Å². The van der Waals surface area contributed by atoms with Crippen molar-refractivity contribution in [3.63, 3.8) is 0 Å². The SMILES string of the molecule is C/C=C(\N=CC(C)C)c1ccc(Nc2nc(-c3cncc(C)c3)cc3c2/C(=C/CC)NC=C3)cc1. The molecular weight excluding hydrogens is 430 g/mol. The van der Waals surface area contributed by atoms with E-state index >= 15 is 0 Å². The molecule has 0 radical (unpaired) electrons. The summed E-state index contributed by atoms with van der Waals surface area (Å²) in [7, 11) is 0. The maximum Gasteiger partial charge on any atom is 0.141 e. The van der Waals surface area contributed by atoms with Crippen LogP contribution in [0.3, 0.4) is 0 Å². The molecule has 178 valence electrons. The number of aryl methyl sites for hydroxylation is 1. The Balaban J connectivity index is 1.74. The minimum Gasteiger partial charge on any atom is -0.361 e. The molecule has 0 fully saturated rings. The fraction of sp³-hybridized carbons (Fsp3) is 0.233. The van der Waals surface area contributed by atoms with E-state index in [-0.39, 0.29) is 0 Å². The highest BCUT2D eigenvalue weighted by atomic mass is 15.0. The van der Waals surface area contributed by atoms with E-state index in [9.17, 15) is 0 Å². The van der Waals surface area contributed by atoms with Gasteiger partial charge in [0.05, 0.1) is 11.4 Å². The van der Waals surface area contributed by atoms with E-state index in [1.165, 1.54) is 0 Å². The van der Waals surface area contributed by atoms with Gasteiger partial charge in [-0.25, -0.2) is 4.98 Å². The van der Waals surface area contributed by atoms with Gasteiger partial charge in [0.1, 0.15) is 5.82 Å². The maximum absolute atomic E-state index is 5.05. The van der Waals surface area contributed by atoms with Crippen LogP contribution in [-0.4, -0.2) is 16.2 Å². The number of benzene rings is 1. The normalized spacial score (nSPS) is 14.5. The lowest BCUT2D eigenvalue weighted by Crippen LogP contribution is -2.13. The van der Waals surface area contributed by atoms with Crippen molar-refractivity contribution in [3.05, 3.63) is 89.4 Å². The van der Waals surface area contributed by atoms with E-state index in [0.29, 0.717) is 5.92 Å². The molecule has 2 aromatic heterocycles. The number of rotatable bonds is 7. The first-order valence-corrected chi connectivity index (χ1v) is 12.2. The molecule has 0 unspecified atom stereocenters. The number of nitrogens with one attached hydrogen (secondary N) is 2. The third-order valence-electron chi connectivity index (χ3n) is 5.63. The van der Waals surface area contributed by atoms with E-state index < -0.39 is 0 Å². The molecule has 0 spiro atoms. The van der Waals surface area contributed by atoms with Gasteiger partial charge in [-0.1, -0.05) is 45.1 Å². The number of aliphatic imine (C=N–C) groups is 1. The Kier molecular flexibility index (Phi) is 7.56. The predicted octanol–water partition coefficient (Wildman–Crippen LogP) is 7.61. The Morgan fingerprint density at radius 1 is 1.14 bits per heavy atom. The van der Waals surface area contributed by atoms with Crippen LogP contribution in [-0.2, 0) is 0 Å². The van der Waals surface area contributed by atoms with E-state index in [1.54, 1.807) is 0 Å². The number of pyridine rings is 2. The van der Waals surface area contributed by atoms with E-state index in [4.69, 9.17) is 4.98 Å². The lowest BCUT2D eigenvalue weighted by molar-refractivity contribution is 0.908. The molecule has 1 aliphatic heterocycles. The Hall–Kier alpha value is -3.99.